The predicted octanol–water partition coefficient (Wildman–Crippen LogP) is 2.69. The van der Waals surface area contributed by atoms with Gasteiger partial charge < -0.3 is 4.55 Å². The molecule has 0 aliphatic heterocycles. The Morgan fingerprint density at radius 3 is 2.59 bits per heavy atom. The molecule has 2 aromatic rings. The van der Waals surface area contributed by atoms with Gasteiger partial charge in [-0.05, 0) is 15.4 Å². The van der Waals surface area contributed by atoms with Crippen molar-refractivity contribution >= 4 is 30.4 Å². The lowest BCUT2D eigenvalue weighted by Gasteiger charge is -2.00. The maximum atomic E-state index is 11.2. The number of hydrogen-bond donors (Lipinski definition) is 0. The highest BCUT2D eigenvalue weighted by Gasteiger charge is 2.24. The Morgan fingerprint density at radius 2 is 1.82 bits per heavy atom. The van der Waals surface area contributed by atoms with Crippen molar-refractivity contribution in [3.8, 4) is 5.75 Å². The minimum Gasteiger partial charge on any atom is -0.746 e. The Labute approximate surface area is 101 Å². The number of rotatable bonds is 4. The number of hydrogen-bond acceptors (Lipinski definition) is 5. The summed E-state index contributed by atoms with van der Waals surface area (Å²) in [6.07, 6.45) is 0. The Kier molecular flexibility index (Phi) is 3.81. The molecular formula is C10H7O5PS. The molecule has 0 radical (unpaired) electrons. The second-order valence-electron chi connectivity index (χ2n) is 3.07. The van der Waals surface area contributed by atoms with Gasteiger partial charge in [-0.2, -0.15) is 0 Å². The van der Waals surface area contributed by atoms with Gasteiger partial charge in [-0.1, -0.05) is 36.4 Å². The molecule has 2 rings (SSSR count). The zero-order valence-corrected chi connectivity index (χ0v) is 10.1. The van der Waals surface area contributed by atoms with Crippen LogP contribution in [0.2, 0.25) is 0 Å². The molecule has 0 aliphatic carbocycles. The van der Waals surface area contributed by atoms with Gasteiger partial charge in [-0.15, -0.1) is 0 Å². The Morgan fingerprint density at radius 1 is 1.12 bits per heavy atom. The number of fused-ring (bicyclic) bond motifs is 1. The standard InChI is InChI=1S/C10H7O5PS/c11-16(15-17(12)13)14-10-7-3-5-8-4-1-2-6-9(8)10/h1-7H. The lowest BCUT2D eigenvalue weighted by molar-refractivity contribution is 0.393. The molecule has 2 unspecified atom stereocenters. The van der Waals surface area contributed by atoms with Crippen LogP contribution < -0.4 is 4.52 Å². The highest BCUT2D eigenvalue weighted by molar-refractivity contribution is 7.78. The first-order valence-electron chi connectivity index (χ1n) is 4.57. The molecule has 0 aliphatic rings. The Balaban J connectivity index is 2.30. The molecule has 0 N–H and O–H groups in total. The van der Waals surface area contributed by atoms with E-state index in [1.807, 2.05) is 18.2 Å². The molecule has 5 nitrogen and oxygen atoms in total. The Bertz CT molecular complexity index is 580. The molecule has 2 aromatic carbocycles. The van der Waals surface area contributed by atoms with Crippen molar-refractivity contribution in [3.63, 3.8) is 0 Å². The molecule has 0 saturated heterocycles. The van der Waals surface area contributed by atoms with Crippen molar-refractivity contribution in [2.45, 2.75) is 0 Å². The zero-order chi connectivity index (χ0) is 12.3. The topological polar surface area (TPSA) is 75.7 Å². The summed E-state index contributed by atoms with van der Waals surface area (Å²) in [5.74, 6) is 0.315. The smallest absolute Gasteiger partial charge is 0.746 e. The van der Waals surface area contributed by atoms with Crippen molar-refractivity contribution in [2.75, 3.05) is 0 Å². The van der Waals surface area contributed by atoms with E-state index >= 15 is 0 Å². The van der Waals surface area contributed by atoms with E-state index in [1.54, 1.807) is 24.3 Å². The third kappa shape index (κ3) is 3.08. The van der Waals surface area contributed by atoms with Gasteiger partial charge in [-0.25, -0.2) is 8.73 Å². The maximum Gasteiger partial charge on any atom is 0.764 e. The van der Waals surface area contributed by atoms with Crippen molar-refractivity contribution in [2.24, 2.45) is 0 Å². The van der Waals surface area contributed by atoms with Crippen LogP contribution >= 0.6 is 8.25 Å². The zero-order valence-electron chi connectivity index (χ0n) is 8.44. The molecule has 17 heavy (non-hydrogen) atoms. The minimum absolute atomic E-state index is 0.315. The fourth-order valence-electron chi connectivity index (χ4n) is 1.42. The van der Waals surface area contributed by atoms with Crippen molar-refractivity contribution in [1.29, 1.82) is 0 Å². The van der Waals surface area contributed by atoms with Crippen LogP contribution in [0.25, 0.3) is 10.8 Å². The van der Waals surface area contributed by atoms with Gasteiger partial charge in [0.2, 0.25) is 0 Å². The van der Waals surface area contributed by atoms with Gasteiger partial charge in [0, 0.05) is 9.95 Å². The molecule has 0 bridgehead atoms. The van der Waals surface area contributed by atoms with Crippen LogP contribution in [-0.4, -0.2) is 8.76 Å². The third-order valence-corrected chi connectivity index (χ3v) is 3.36. The van der Waals surface area contributed by atoms with Crippen LogP contribution in [0.1, 0.15) is 0 Å². The molecule has 2 atom stereocenters. The molecule has 0 aromatic heterocycles. The van der Waals surface area contributed by atoms with Crippen molar-refractivity contribution in [1.82, 2.24) is 0 Å². The Hall–Kier alpha value is -1.33. The van der Waals surface area contributed by atoms with Crippen LogP contribution in [0, 0.1) is 0 Å². The second kappa shape index (κ2) is 5.33. The van der Waals surface area contributed by atoms with Crippen LogP contribution in [-0.2, 0) is 19.9 Å². The minimum atomic E-state index is -2.86. The molecule has 0 saturated carbocycles. The first kappa shape index (κ1) is 12.1. The van der Waals surface area contributed by atoms with Gasteiger partial charge in [0.1, 0.15) is 11.4 Å². The lowest BCUT2D eigenvalue weighted by Crippen LogP contribution is -1.91. The molecular weight excluding hydrogens is 263 g/mol. The van der Waals surface area contributed by atoms with Gasteiger partial charge in [-0.3, -0.25) is 0 Å². The molecule has 7 heteroatoms. The molecule has 0 spiro atoms. The average Bonchev–Trinajstić information content (AvgIpc) is 2.28. The first-order chi connectivity index (χ1) is 8.16. The summed E-state index contributed by atoms with van der Waals surface area (Å²) in [4.78, 5) is 0. The molecule has 0 heterocycles. The summed E-state index contributed by atoms with van der Waals surface area (Å²) in [6.45, 7) is 0. The summed E-state index contributed by atoms with van der Waals surface area (Å²) >= 11 is -2.86. The molecule has 0 amide bonds. The monoisotopic (exact) mass is 270 g/mol. The highest BCUT2D eigenvalue weighted by Crippen LogP contribution is 2.33. The summed E-state index contributed by atoms with van der Waals surface area (Å²) in [6, 6.07) is 12.5. The van der Waals surface area contributed by atoms with Gasteiger partial charge in [0.15, 0.2) is 5.75 Å². The molecule has 0 fully saturated rings. The summed E-state index contributed by atoms with van der Waals surface area (Å²) in [5, 5.41) is 1.63. The van der Waals surface area contributed by atoms with Gasteiger partial charge in [0.25, 0.3) is 0 Å². The van der Waals surface area contributed by atoms with E-state index in [9.17, 15) is 13.3 Å². The van der Waals surface area contributed by atoms with Gasteiger partial charge >= 0.3 is 8.25 Å². The average molecular weight is 270 g/mol. The first-order valence-corrected chi connectivity index (χ1v) is 6.67. The van der Waals surface area contributed by atoms with Crippen molar-refractivity contribution in [3.05, 3.63) is 42.5 Å². The SMILES string of the molecule is O=[P+](Oc1cccc2ccccc12)OS(=O)[O-]. The van der Waals surface area contributed by atoms with Gasteiger partial charge in [0.05, 0.1) is 0 Å². The quantitative estimate of drug-likeness (QED) is 0.630. The van der Waals surface area contributed by atoms with Crippen LogP contribution in [0.3, 0.4) is 0 Å². The van der Waals surface area contributed by atoms with Crippen LogP contribution in [0.5, 0.6) is 5.75 Å². The van der Waals surface area contributed by atoms with Crippen LogP contribution in [0.4, 0.5) is 0 Å². The van der Waals surface area contributed by atoms with E-state index in [2.05, 4.69) is 3.97 Å². The predicted molar refractivity (Wildman–Crippen MR) is 62.2 cm³/mol. The van der Waals surface area contributed by atoms with Crippen LogP contribution in [0.15, 0.2) is 42.5 Å². The number of benzene rings is 2. The normalized spacial score (nSPS) is 13.4. The third-order valence-electron chi connectivity index (χ3n) is 2.04. The van der Waals surface area contributed by atoms with E-state index in [0.29, 0.717) is 5.75 Å². The lowest BCUT2D eigenvalue weighted by atomic mass is 10.1. The second-order valence-corrected chi connectivity index (χ2v) is 4.71. The van der Waals surface area contributed by atoms with E-state index in [-0.39, 0.29) is 0 Å². The fourth-order valence-corrected chi connectivity index (χ4v) is 2.26. The van der Waals surface area contributed by atoms with E-state index < -0.39 is 19.6 Å². The van der Waals surface area contributed by atoms with Crippen molar-refractivity contribution < 1.29 is 21.8 Å². The fraction of sp³-hybridized carbons (Fsp3) is 0. The van der Waals surface area contributed by atoms with E-state index in [0.717, 1.165) is 10.8 Å². The summed E-state index contributed by atoms with van der Waals surface area (Å²) in [7, 11) is -2.73. The van der Waals surface area contributed by atoms with E-state index in [4.69, 9.17) is 4.52 Å². The highest BCUT2D eigenvalue weighted by atomic mass is 32.2. The summed E-state index contributed by atoms with van der Waals surface area (Å²) in [5.41, 5.74) is 0. The summed E-state index contributed by atoms with van der Waals surface area (Å²) < 4.78 is 40.5. The molecule has 88 valence electrons. The largest absolute Gasteiger partial charge is 0.764 e. The van der Waals surface area contributed by atoms with E-state index in [1.165, 1.54) is 0 Å². The maximum absolute atomic E-state index is 11.2.